The van der Waals surface area contributed by atoms with Crippen molar-refractivity contribution in [3.8, 4) is 17.0 Å². The lowest BCUT2D eigenvalue weighted by atomic mass is 10.1. The highest BCUT2D eigenvalue weighted by atomic mass is 19.4. The van der Waals surface area contributed by atoms with Crippen LogP contribution in [0.25, 0.3) is 11.3 Å². The van der Waals surface area contributed by atoms with E-state index < -0.39 is 6.36 Å². The molecule has 9 heteroatoms. The topological polar surface area (TPSA) is 76.1 Å². The van der Waals surface area contributed by atoms with E-state index in [9.17, 15) is 18.0 Å². The van der Waals surface area contributed by atoms with E-state index in [1.807, 2.05) is 39.0 Å². The molecule has 4 aromatic rings. The van der Waals surface area contributed by atoms with E-state index in [4.69, 9.17) is 0 Å². The number of alkyl halides is 3. The van der Waals surface area contributed by atoms with Crippen LogP contribution in [-0.2, 0) is 0 Å². The van der Waals surface area contributed by atoms with E-state index in [1.54, 1.807) is 30.5 Å². The SMILES string of the molecule is Cc1cnc(Nc2ccc(C(=O)Nc3c(C)cccc3C)cc2)nc1-c1ccc(OC(F)(F)F)cc1. The molecule has 0 aliphatic carbocycles. The summed E-state index contributed by atoms with van der Waals surface area (Å²) in [5.41, 5.74) is 5.86. The Morgan fingerprint density at radius 3 is 2.11 bits per heavy atom. The largest absolute Gasteiger partial charge is 0.573 e. The molecule has 0 spiro atoms. The summed E-state index contributed by atoms with van der Waals surface area (Å²) in [6.07, 6.45) is -3.13. The molecule has 0 radical (unpaired) electrons. The average molecular weight is 493 g/mol. The molecular weight excluding hydrogens is 469 g/mol. The van der Waals surface area contributed by atoms with Gasteiger partial charge in [0.15, 0.2) is 0 Å². The Balaban J connectivity index is 1.47. The van der Waals surface area contributed by atoms with Gasteiger partial charge in [0, 0.05) is 28.7 Å². The van der Waals surface area contributed by atoms with Gasteiger partial charge < -0.3 is 15.4 Å². The number of aryl methyl sites for hydroxylation is 3. The molecule has 0 saturated heterocycles. The van der Waals surface area contributed by atoms with E-state index in [0.29, 0.717) is 28.5 Å². The van der Waals surface area contributed by atoms with Crippen molar-refractivity contribution in [1.29, 1.82) is 0 Å². The molecule has 1 aromatic heterocycles. The van der Waals surface area contributed by atoms with Gasteiger partial charge in [-0.15, -0.1) is 13.2 Å². The Morgan fingerprint density at radius 1 is 0.861 bits per heavy atom. The predicted molar refractivity (Wildman–Crippen MR) is 132 cm³/mol. The highest BCUT2D eigenvalue weighted by Crippen LogP contribution is 2.28. The van der Waals surface area contributed by atoms with Crippen LogP contribution in [0.1, 0.15) is 27.0 Å². The number of rotatable bonds is 6. The molecule has 0 saturated carbocycles. The van der Waals surface area contributed by atoms with E-state index in [1.165, 1.54) is 24.3 Å². The van der Waals surface area contributed by atoms with Gasteiger partial charge in [-0.3, -0.25) is 4.79 Å². The molecule has 0 bridgehead atoms. The minimum Gasteiger partial charge on any atom is -0.406 e. The van der Waals surface area contributed by atoms with E-state index in [-0.39, 0.29) is 11.7 Å². The number of hydrogen-bond donors (Lipinski definition) is 2. The molecule has 4 rings (SSSR count). The van der Waals surface area contributed by atoms with Crippen LogP contribution in [0.5, 0.6) is 5.75 Å². The number of anilines is 3. The van der Waals surface area contributed by atoms with Gasteiger partial charge in [-0.05, 0) is 86.0 Å². The molecule has 36 heavy (non-hydrogen) atoms. The van der Waals surface area contributed by atoms with Crippen molar-refractivity contribution in [1.82, 2.24) is 9.97 Å². The van der Waals surface area contributed by atoms with Crippen LogP contribution >= 0.6 is 0 Å². The monoisotopic (exact) mass is 492 g/mol. The van der Waals surface area contributed by atoms with Crippen LogP contribution in [0.4, 0.5) is 30.5 Å². The summed E-state index contributed by atoms with van der Waals surface area (Å²) in [4.78, 5) is 21.5. The first kappa shape index (κ1) is 24.7. The minimum atomic E-state index is -4.75. The fourth-order valence-electron chi connectivity index (χ4n) is 3.64. The summed E-state index contributed by atoms with van der Waals surface area (Å²) < 4.78 is 41.2. The molecule has 184 valence electrons. The average Bonchev–Trinajstić information content (AvgIpc) is 2.83. The maximum absolute atomic E-state index is 12.7. The summed E-state index contributed by atoms with van der Waals surface area (Å²) in [6, 6.07) is 18.2. The van der Waals surface area contributed by atoms with Crippen molar-refractivity contribution < 1.29 is 22.7 Å². The third-order valence-electron chi connectivity index (χ3n) is 5.46. The zero-order valence-corrected chi connectivity index (χ0v) is 19.8. The number of nitrogens with one attached hydrogen (secondary N) is 2. The summed E-state index contributed by atoms with van der Waals surface area (Å²) in [7, 11) is 0. The number of ether oxygens (including phenoxy) is 1. The molecule has 0 atom stereocenters. The van der Waals surface area contributed by atoms with Crippen molar-refractivity contribution in [2.45, 2.75) is 27.1 Å². The maximum Gasteiger partial charge on any atom is 0.573 e. The van der Waals surface area contributed by atoms with Crippen molar-refractivity contribution in [2.75, 3.05) is 10.6 Å². The number of halogens is 3. The van der Waals surface area contributed by atoms with Crippen LogP contribution in [-0.4, -0.2) is 22.2 Å². The van der Waals surface area contributed by atoms with Crippen LogP contribution < -0.4 is 15.4 Å². The molecule has 1 heterocycles. The van der Waals surface area contributed by atoms with Gasteiger partial charge in [0.25, 0.3) is 5.91 Å². The summed E-state index contributed by atoms with van der Waals surface area (Å²) in [5, 5.41) is 6.05. The molecule has 0 fully saturated rings. The first-order valence-electron chi connectivity index (χ1n) is 11.0. The second kappa shape index (κ2) is 10.1. The first-order valence-corrected chi connectivity index (χ1v) is 11.0. The van der Waals surface area contributed by atoms with Crippen molar-refractivity contribution in [3.63, 3.8) is 0 Å². The van der Waals surface area contributed by atoms with Crippen molar-refractivity contribution >= 4 is 23.2 Å². The van der Waals surface area contributed by atoms with Gasteiger partial charge in [0.1, 0.15) is 5.75 Å². The van der Waals surface area contributed by atoms with Crippen molar-refractivity contribution in [2.24, 2.45) is 0 Å². The number of aromatic nitrogens is 2. The fraction of sp³-hybridized carbons (Fsp3) is 0.148. The van der Waals surface area contributed by atoms with Crippen LogP contribution in [0.15, 0.2) is 72.9 Å². The van der Waals surface area contributed by atoms with Gasteiger partial charge in [-0.1, -0.05) is 18.2 Å². The van der Waals surface area contributed by atoms with Crippen molar-refractivity contribution in [3.05, 3.63) is 95.2 Å². The van der Waals surface area contributed by atoms with Gasteiger partial charge in [-0.2, -0.15) is 0 Å². The molecule has 3 aromatic carbocycles. The molecule has 1 amide bonds. The fourth-order valence-corrected chi connectivity index (χ4v) is 3.64. The lowest BCUT2D eigenvalue weighted by molar-refractivity contribution is -0.274. The number of nitrogens with zero attached hydrogens (tertiary/aromatic N) is 2. The van der Waals surface area contributed by atoms with E-state index >= 15 is 0 Å². The third kappa shape index (κ3) is 5.99. The lowest BCUT2D eigenvalue weighted by Crippen LogP contribution is -2.16. The van der Waals surface area contributed by atoms with Gasteiger partial charge in [0.05, 0.1) is 5.69 Å². The predicted octanol–water partition coefficient (Wildman–Crippen LogP) is 6.96. The van der Waals surface area contributed by atoms with Gasteiger partial charge in [-0.25, -0.2) is 9.97 Å². The number of hydrogen-bond acceptors (Lipinski definition) is 5. The normalized spacial score (nSPS) is 11.2. The Labute approximate surface area is 206 Å². The van der Waals surface area contributed by atoms with Crippen LogP contribution in [0.3, 0.4) is 0 Å². The Kier molecular flexibility index (Phi) is 6.91. The van der Waals surface area contributed by atoms with Crippen LogP contribution in [0, 0.1) is 20.8 Å². The smallest absolute Gasteiger partial charge is 0.406 e. The number of carbonyl (C=O) groups is 1. The van der Waals surface area contributed by atoms with Gasteiger partial charge in [0.2, 0.25) is 5.95 Å². The van der Waals surface area contributed by atoms with Crippen LogP contribution in [0.2, 0.25) is 0 Å². The molecule has 0 aliphatic rings. The Bertz CT molecular complexity index is 1370. The zero-order valence-electron chi connectivity index (χ0n) is 19.8. The number of para-hydroxylation sites is 1. The second-order valence-electron chi connectivity index (χ2n) is 8.22. The quantitative estimate of drug-likeness (QED) is 0.304. The summed E-state index contributed by atoms with van der Waals surface area (Å²) in [6.45, 7) is 5.69. The molecule has 0 unspecified atom stereocenters. The van der Waals surface area contributed by atoms with Gasteiger partial charge >= 0.3 is 6.36 Å². The number of benzene rings is 3. The minimum absolute atomic E-state index is 0.217. The molecule has 6 nitrogen and oxygen atoms in total. The van der Waals surface area contributed by atoms with E-state index in [0.717, 1.165) is 22.4 Å². The number of carbonyl (C=O) groups excluding carboxylic acids is 1. The summed E-state index contributed by atoms with van der Waals surface area (Å²) in [5.74, 6) is -0.220. The Hall–Kier alpha value is -4.40. The Morgan fingerprint density at radius 2 is 1.50 bits per heavy atom. The number of amides is 1. The third-order valence-corrected chi connectivity index (χ3v) is 5.46. The zero-order chi connectivity index (χ0) is 25.9. The maximum atomic E-state index is 12.7. The summed E-state index contributed by atoms with van der Waals surface area (Å²) >= 11 is 0. The molecule has 0 aliphatic heterocycles. The van der Waals surface area contributed by atoms with E-state index in [2.05, 4.69) is 25.3 Å². The first-order chi connectivity index (χ1) is 17.1. The second-order valence-corrected chi connectivity index (χ2v) is 8.22. The standard InChI is InChI=1S/C27H23F3N4O2/c1-16-5-4-6-17(2)23(16)33-25(35)20-7-11-21(12-8-20)32-26-31-15-18(3)24(34-26)19-9-13-22(14-10-19)36-27(28,29)30/h4-15H,1-3H3,(H,33,35)(H,31,32,34). The highest BCUT2D eigenvalue weighted by Gasteiger charge is 2.31. The highest BCUT2D eigenvalue weighted by molar-refractivity contribution is 6.05. The lowest BCUT2D eigenvalue weighted by Gasteiger charge is -2.12. The molecule has 2 N–H and O–H groups in total. The molecular formula is C27H23F3N4O2.